The molecule has 0 radical (unpaired) electrons. The first-order valence-corrected chi connectivity index (χ1v) is 6.51. The molecule has 5 nitrogen and oxygen atoms in total. The molecule has 0 spiro atoms. The second-order valence-electron chi connectivity index (χ2n) is 4.08. The van der Waals surface area contributed by atoms with E-state index < -0.39 is 0 Å². The van der Waals surface area contributed by atoms with Crippen LogP contribution in [-0.2, 0) is 4.79 Å². The normalized spacial score (nSPS) is 15.4. The van der Waals surface area contributed by atoms with Crippen LogP contribution in [0.5, 0.6) is 0 Å². The van der Waals surface area contributed by atoms with E-state index in [1.54, 1.807) is 17.5 Å². The number of nitrogens with zero attached hydrogens (tertiary/aromatic N) is 3. The van der Waals surface area contributed by atoms with Crippen LogP contribution in [0.25, 0.3) is 5.00 Å². The summed E-state index contributed by atoms with van der Waals surface area (Å²) in [5.74, 6) is 0.947. The number of hydrogen-bond donors (Lipinski definition) is 1. The minimum Gasteiger partial charge on any atom is -0.295 e. The molecule has 1 aliphatic heterocycles. The maximum Gasteiger partial charge on any atom is 0.240 e. The number of aryl methyl sites for hydroxylation is 1. The van der Waals surface area contributed by atoms with E-state index in [2.05, 4.69) is 15.5 Å². The minimum absolute atomic E-state index is 0.0130. The van der Waals surface area contributed by atoms with Crippen LogP contribution >= 0.6 is 11.3 Å². The zero-order valence-electron chi connectivity index (χ0n) is 9.88. The smallest absolute Gasteiger partial charge is 0.240 e. The van der Waals surface area contributed by atoms with Crippen LogP contribution < -0.4 is 5.43 Å². The van der Waals surface area contributed by atoms with Crippen LogP contribution in [-0.4, -0.2) is 21.2 Å². The molecular weight excluding hydrogens is 248 g/mol. The summed E-state index contributed by atoms with van der Waals surface area (Å²) in [5, 5.41) is 5.21. The lowest BCUT2D eigenvalue weighted by molar-refractivity contribution is -0.121. The van der Waals surface area contributed by atoms with Gasteiger partial charge in [-0.3, -0.25) is 9.36 Å². The van der Waals surface area contributed by atoms with Gasteiger partial charge in [0.15, 0.2) is 0 Å². The van der Waals surface area contributed by atoms with Crippen molar-refractivity contribution in [3.63, 3.8) is 0 Å². The Morgan fingerprint density at radius 2 is 2.28 bits per heavy atom. The Hall–Kier alpha value is -1.95. The van der Waals surface area contributed by atoms with E-state index in [4.69, 9.17) is 0 Å². The molecule has 1 N–H and O–H groups in total. The van der Waals surface area contributed by atoms with Crippen molar-refractivity contribution < 1.29 is 4.79 Å². The van der Waals surface area contributed by atoms with Crippen LogP contribution in [0, 0.1) is 6.92 Å². The summed E-state index contributed by atoms with van der Waals surface area (Å²) >= 11 is 1.65. The Bertz CT molecular complexity index is 626. The number of nitrogens with one attached hydrogen (secondary N) is 1. The Morgan fingerprint density at radius 1 is 1.39 bits per heavy atom. The molecule has 0 saturated carbocycles. The fourth-order valence-corrected chi connectivity index (χ4v) is 2.93. The summed E-state index contributed by atoms with van der Waals surface area (Å²) in [4.78, 5) is 16.4. The van der Waals surface area contributed by atoms with Crippen molar-refractivity contribution in [1.29, 1.82) is 0 Å². The van der Waals surface area contributed by atoms with E-state index in [0.29, 0.717) is 12.8 Å². The average Bonchev–Trinajstić information content (AvgIpc) is 2.98. The molecule has 6 heteroatoms. The molecule has 0 saturated heterocycles. The van der Waals surface area contributed by atoms with E-state index in [9.17, 15) is 4.79 Å². The van der Waals surface area contributed by atoms with Gasteiger partial charge in [0, 0.05) is 25.2 Å². The molecule has 3 rings (SSSR count). The van der Waals surface area contributed by atoms with Crippen molar-refractivity contribution in [1.82, 2.24) is 15.0 Å². The first-order valence-electron chi connectivity index (χ1n) is 5.70. The highest BCUT2D eigenvalue weighted by Crippen LogP contribution is 2.24. The average molecular weight is 260 g/mol. The van der Waals surface area contributed by atoms with Crippen LogP contribution in [0.4, 0.5) is 0 Å². The molecule has 1 aliphatic rings. The lowest BCUT2D eigenvalue weighted by atomic mass is 10.1. The molecule has 3 heterocycles. The molecule has 0 aromatic carbocycles. The Morgan fingerprint density at radius 3 is 2.94 bits per heavy atom. The summed E-state index contributed by atoms with van der Waals surface area (Å²) in [6, 6.07) is 4.09. The zero-order chi connectivity index (χ0) is 12.5. The highest BCUT2D eigenvalue weighted by molar-refractivity contribution is 7.16. The van der Waals surface area contributed by atoms with Crippen molar-refractivity contribution in [3.05, 3.63) is 35.2 Å². The molecule has 0 atom stereocenters. The molecule has 18 heavy (non-hydrogen) atoms. The lowest BCUT2D eigenvalue weighted by Gasteiger charge is -2.09. The number of carbonyl (C=O) groups excluding carboxylic acids is 1. The second kappa shape index (κ2) is 4.38. The second-order valence-corrected chi connectivity index (χ2v) is 5.14. The van der Waals surface area contributed by atoms with Crippen LogP contribution in [0.1, 0.15) is 23.5 Å². The maximum atomic E-state index is 11.0. The molecule has 0 aliphatic carbocycles. The lowest BCUT2D eigenvalue weighted by Crippen LogP contribution is -2.25. The van der Waals surface area contributed by atoms with Crippen LogP contribution in [0.2, 0.25) is 0 Å². The molecule has 0 unspecified atom stereocenters. The molecule has 2 aromatic rings. The van der Waals surface area contributed by atoms with Gasteiger partial charge in [-0.15, -0.1) is 11.3 Å². The number of rotatable bonds is 2. The first kappa shape index (κ1) is 11.2. The Balaban J connectivity index is 1.91. The number of amides is 1. The van der Waals surface area contributed by atoms with Gasteiger partial charge in [-0.2, -0.15) is 5.10 Å². The highest BCUT2D eigenvalue weighted by atomic mass is 32.1. The predicted molar refractivity (Wildman–Crippen MR) is 70.1 cm³/mol. The predicted octanol–water partition coefficient (Wildman–Crippen LogP) is 1.86. The largest absolute Gasteiger partial charge is 0.295 e. The zero-order valence-corrected chi connectivity index (χ0v) is 10.7. The third-order valence-electron chi connectivity index (χ3n) is 2.84. The topological polar surface area (TPSA) is 59.3 Å². The number of thiophene rings is 1. The third-order valence-corrected chi connectivity index (χ3v) is 3.98. The fraction of sp³-hybridized carbons (Fsp3) is 0.250. The van der Waals surface area contributed by atoms with Gasteiger partial charge in [0.1, 0.15) is 10.8 Å². The molecule has 1 amide bonds. The molecule has 2 aromatic heterocycles. The quantitative estimate of drug-likeness (QED) is 0.896. The maximum absolute atomic E-state index is 11.0. The number of hydrazone groups is 1. The van der Waals surface area contributed by atoms with Crippen molar-refractivity contribution in [2.75, 3.05) is 0 Å². The first-order chi connectivity index (χ1) is 8.74. The van der Waals surface area contributed by atoms with Crippen LogP contribution in [0.15, 0.2) is 29.6 Å². The fourth-order valence-electron chi connectivity index (χ4n) is 1.87. The summed E-state index contributed by atoms with van der Waals surface area (Å²) in [6.45, 7) is 1.97. The van der Waals surface area contributed by atoms with Crippen molar-refractivity contribution in [2.45, 2.75) is 19.8 Å². The van der Waals surface area contributed by atoms with Gasteiger partial charge >= 0.3 is 0 Å². The van der Waals surface area contributed by atoms with Crippen molar-refractivity contribution in [3.8, 4) is 5.00 Å². The summed E-state index contributed by atoms with van der Waals surface area (Å²) in [6.07, 6.45) is 4.94. The SMILES string of the molecule is Cc1nccn1-c1ccc(C2=NNC(=O)CC2)s1. The van der Waals surface area contributed by atoms with Gasteiger partial charge in [0.25, 0.3) is 0 Å². The Labute approximate surface area is 108 Å². The summed E-state index contributed by atoms with van der Waals surface area (Å²) in [7, 11) is 0. The van der Waals surface area contributed by atoms with Gasteiger partial charge in [0.2, 0.25) is 5.91 Å². The number of aromatic nitrogens is 2. The van der Waals surface area contributed by atoms with Gasteiger partial charge in [-0.1, -0.05) is 0 Å². The van der Waals surface area contributed by atoms with Gasteiger partial charge in [0.05, 0.1) is 10.6 Å². The summed E-state index contributed by atoms with van der Waals surface area (Å²) < 4.78 is 2.04. The minimum atomic E-state index is -0.0130. The molecule has 92 valence electrons. The van der Waals surface area contributed by atoms with Crippen molar-refractivity contribution in [2.24, 2.45) is 5.10 Å². The number of hydrogen-bond acceptors (Lipinski definition) is 4. The van der Waals surface area contributed by atoms with Gasteiger partial charge < -0.3 is 0 Å². The van der Waals surface area contributed by atoms with E-state index >= 15 is 0 Å². The Kier molecular flexibility index (Phi) is 2.71. The number of carbonyl (C=O) groups is 1. The van der Waals surface area contributed by atoms with Crippen molar-refractivity contribution >= 4 is 23.0 Å². The third kappa shape index (κ3) is 1.95. The van der Waals surface area contributed by atoms with E-state index in [-0.39, 0.29) is 5.91 Å². The van der Waals surface area contributed by atoms with E-state index in [1.165, 1.54) is 0 Å². The van der Waals surface area contributed by atoms with Crippen LogP contribution in [0.3, 0.4) is 0 Å². The molecular formula is C12H12N4OS. The van der Waals surface area contributed by atoms with Gasteiger partial charge in [-0.05, 0) is 19.1 Å². The monoisotopic (exact) mass is 260 g/mol. The molecule has 0 fully saturated rings. The van der Waals surface area contributed by atoms with E-state index in [1.807, 2.05) is 29.8 Å². The van der Waals surface area contributed by atoms with E-state index in [0.717, 1.165) is 21.4 Å². The summed E-state index contributed by atoms with van der Waals surface area (Å²) in [5.41, 5.74) is 3.47. The number of imidazole rings is 1. The highest BCUT2D eigenvalue weighted by Gasteiger charge is 2.15. The standard InChI is InChI=1S/C12H12N4OS/c1-8-13-6-7-16(8)12-5-3-10(18-12)9-2-4-11(17)15-14-9/h3,5-7H,2,4H2,1H3,(H,15,17). The van der Waals surface area contributed by atoms with Gasteiger partial charge in [-0.25, -0.2) is 10.4 Å². The molecule has 0 bridgehead atoms.